The highest BCUT2D eigenvalue weighted by Crippen LogP contribution is 2.30. The van der Waals surface area contributed by atoms with E-state index >= 15 is 0 Å². The van der Waals surface area contributed by atoms with Gasteiger partial charge >= 0.3 is 0 Å². The lowest BCUT2D eigenvalue weighted by Gasteiger charge is -2.07. The number of fused-ring (bicyclic) bond motifs is 1. The lowest BCUT2D eigenvalue weighted by atomic mass is 10.0. The number of anilines is 1. The van der Waals surface area contributed by atoms with Crippen molar-refractivity contribution in [2.75, 3.05) is 12.4 Å². The normalized spacial score (nSPS) is 11.4. The number of nitrogens with one attached hydrogen (secondary N) is 2. The Morgan fingerprint density at radius 1 is 1.15 bits per heavy atom. The Morgan fingerprint density at radius 3 is 2.31 bits per heavy atom. The number of benzene rings is 2. The standard InChI is InChI=1S/C18H17N3O3.CH5N/c1-10(23)11-2-4-12(5-3-11)13-6-7-14-15(8-13)21-18(20-9-22)16(14)17(19)24;1-2/h2-10,21,23H,1H3,(H2,19,24)(H,20,22);2H2,1H3. The van der Waals surface area contributed by atoms with Crippen molar-refractivity contribution in [3.63, 3.8) is 0 Å². The summed E-state index contributed by atoms with van der Waals surface area (Å²) in [4.78, 5) is 25.4. The first-order chi connectivity index (χ1) is 12.5. The smallest absolute Gasteiger partial charge is 0.253 e. The van der Waals surface area contributed by atoms with E-state index in [1.807, 2.05) is 36.4 Å². The maximum absolute atomic E-state index is 11.7. The third-order valence-electron chi connectivity index (χ3n) is 3.97. The molecule has 3 rings (SSSR count). The number of hydrogen-bond acceptors (Lipinski definition) is 4. The minimum atomic E-state index is -0.611. The van der Waals surface area contributed by atoms with Gasteiger partial charge in [0.2, 0.25) is 6.41 Å². The molecule has 0 aliphatic rings. The molecular weight excluding hydrogens is 332 g/mol. The molecule has 0 radical (unpaired) electrons. The van der Waals surface area contributed by atoms with E-state index in [4.69, 9.17) is 5.73 Å². The molecule has 0 aliphatic carbocycles. The minimum absolute atomic E-state index is 0.258. The molecule has 3 aromatic rings. The summed E-state index contributed by atoms with van der Waals surface area (Å²) < 4.78 is 0. The van der Waals surface area contributed by atoms with E-state index in [0.29, 0.717) is 17.3 Å². The van der Waals surface area contributed by atoms with E-state index in [2.05, 4.69) is 16.0 Å². The van der Waals surface area contributed by atoms with Crippen LogP contribution >= 0.6 is 0 Å². The van der Waals surface area contributed by atoms with Crippen LogP contribution in [0.15, 0.2) is 42.5 Å². The van der Waals surface area contributed by atoms with Gasteiger partial charge in [0.15, 0.2) is 0 Å². The second-order valence-corrected chi connectivity index (χ2v) is 5.56. The largest absolute Gasteiger partial charge is 0.389 e. The predicted octanol–water partition coefficient (Wildman–Crippen LogP) is 2.13. The van der Waals surface area contributed by atoms with Gasteiger partial charge in [0.05, 0.1) is 11.7 Å². The summed E-state index contributed by atoms with van der Waals surface area (Å²) in [6.07, 6.45) is -0.0210. The zero-order chi connectivity index (χ0) is 19.3. The molecule has 1 unspecified atom stereocenters. The molecular formula is C19H22N4O3. The minimum Gasteiger partial charge on any atom is -0.389 e. The van der Waals surface area contributed by atoms with Crippen molar-refractivity contribution in [3.05, 3.63) is 53.6 Å². The topological polar surface area (TPSA) is 134 Å². The lowest BCUT2D eigenvalue weighted by molar-refractivity contribution is -0.105. The van der Waals surface area contributed by atoms with Crippen molar-refractivity contribution in [1.29, 1.82) is 0 Å². The van der Waals surface area contributed by atoms with E-state index in [9.17, 15) is 14.7 Å². The molecule has 1 heterocycles. The molecule has 0 saturated carbocycles. The molecule has 0 saturated heterocycles. The van der Waals surface area contributed by atoms with Gasteiger partial charge in [-0.15, -0.1) is 0 Å². The molecule has 0 bridgehead atoms. The average Bonchev–Trinajstić information content (AvgIpc) is 3.01. The van der Waals surface area contributed by atoms with Crippen LogP contribution in [0, 0.1) is 0 Å². The van der Waals surface area contributed by atoms with Crippen LogP contribution in [0.2, 0.25) is 0 Å². The van der Waals surface area contributed by atoms with Crippen LogP contribution in [0.25, 0.3) is 22.0 Å². The number of amides is 2. The number of rotatable bonds is 5. The summed E-state index contributed by atoms with van der Waals surface area (Å²) in [6.45, 7) is 1.72. The number of primary amides is 1. The van der Waals surface area contributed by atoms with Gasteiger partial charge in [0, 0.05) is 10.9 Å². The molecule has 0 aliphatic heterocycles. The first-order valence-electron chi connectivity index (χ1n) is 8.03. The fourth-order valence-corrected chi connectivity index (χ4v) is 2.75. The third-order valence-corrected chi connectivity index (χ3v) is 3.97. The van der Waals surface area contributed by atoms with Crippen molar-refractivity contribution in [2.45, 2.75) is 13.0 Å². The summed E-state index contributed by atoms with van der Waals surface area (Å²) in [6, 6.07) is 13.1. The summed E-state index contributed by atoms with van der Waals surface area (Å²) in [7, 11) is 1.50. The highest BCUT2D eigenvalue weighted by Gasteiger charge is 2.16. The fourth-order valence-electron chi connectivity index (χ4n) is 2.75. The van der Waals surface area contributed by atoms with E-state index < -0.39 is 12.0 Å². The van der Waals surface area contributed by atoms with Crippen molar-refractivity contribution in [2.24, 2.45) is 11.5 Å². The van der Waals surface area contributed by atoms with E-state index in [0.717, 1.165) is 16.7 Å². The molecule has 0 spiro atoms. The number of carbonyl (C=O) groups is 2. The molecule has 26 heavy (non-hydrogen) atoms. The fraction of sp³-hybridized carbons (Fsp3) is 0.158. The Bertz CT molecular complexity index is 914. The quantitative estimate of drug-likeness (QED) is 0.449. The Labute approximate surface area is 151 Å². The number of aromatic amines is 1. The Hall–Kier alpha value is -3.16. The third kappa shape index (κ3) is 3.74. The number of aromatic nitrogens is 1. The van der Waals surface area contributed by atoms with Gasteiger partial charge in [-0.2, -0.15) is 0 Å². The van der Waals surface area contributed by atoms with Gasteiger partial charge in [-0.3, -0.25) is 9.59 Å². The molecule has 2 amide bonds. The van der Waals surface area contributed by atoms with Crippen LogP contribution in [0.1, 0.15) is 28.9 Å². The first kappa shape index (κ1) is 19.2. The molecule has 7 heteroatoms. The second-order valence-electron chi connectivity index (χ2n) is 5.56. The highest BCUT2D eigenvalue weighted by atomic mass is 16.3. The maximum Gasteiger partial charge on any atom is 0.253 e. The summed E-state index contributed by atoms with van der Waals surface area (Å²) in [5, 5.41) is 12.7. The van der Waals surface area contributed by atoms with Crippen LogP contribution in [0.4, 0.5) is 5.82 Å². The predicted molar refractivity (Wildman–Crippen MR) is 103 cm³/mol. The molecule has 1 atom stereocenters. The van der Waals surface area contributed by atoms with Gasteiger partial charge in [-0.25, -0.2) is 0 Å². The van der Waals surface area contributed by atoms with Crippen LogP contribution in [-0.4, -0.2) is 29.5 Å². The van der Waals surface area contributed by atoms with E-state index in [-0.39, 0.29) is 11.4 Å². The van der Waals surface area contributed by atoms with Gasteiger partial charge in [-0.05, 0) is 36.7 Å². The summed E-state index contributed by atoms with van der Waals surface area (Å²) in [5.74, 6) is -0.325. The molecule has 7 N–H and O–H groups in total. The van der Waals surface area contributed by atoms with Crippen molar-refractivity contribution < 1.29 is 14.7 Å². The monoisotopic (exact) mass is 354 g/mol. The lowest BCUT2D eigenvalue weighted by Crippen LogP contribution is -2.13. The van der Waals surface area contributed by atoms with Crippen molar-refractivity contribution in [3.8, 4) is 11.1 Å². The number of aliphatic hydroxyl groups excluding tert-OH is 1. The van der Waals surface area contributed by atoms with Crippen molar-refractivity contribution in [1.82, 2.24) is 4.98 Å². The van der Waals surface area contributed by atoms with Crippen molar-refractivity contribution >= 4 is 29.0 Å². The van der Waals surface area contributed by atoms with Crippen LogP contribution in [0.5, 0.6) is 0 Å². The number of hydrogen-bond donors (Lipinski definition) is 5. The number of H-pyrrole nitrogens is 1. The second kappa shape index (κ2) is 8.28. The Morgan fingerprint density at radius 2 is 1.77 bits per heavy atom. The van der Waals surface area contributed by atoms with Gasteiger partial charge in [0.1, 0.15) is 5.82 Å². The first-order valence-corrected chi connectivity index (χ1v) is 8.03. The average molecular weight is 354 g/mol. The zero-order valence-corrected chi connectivity index (χ0v) is 14.6. The SMILES string of the molecule is CC(O)c1ccc(-c2ccc3c(C(N)=O)c(NC=O)[nH]c3c2)cc1.CN. The van der Waals surface area contributed by atoms with Gasteiger partial charge in [0.25, 0.3) is 5.91 Å². The summed E-state index contributed by atoms with van der Waals surface area (Å²) >= 11 is 0. The molecule has 1 aromatic heterocycles. The van der Waals surface area contributed by atoms with Crippen LogP contribution in [-0.2, 0) is 4.79 Å². The zero-order valence-electron chi connectivity index (χ0n) is 14.6. The Balaban J connectivity index is 0.00000117. The molecule has 7 nitrogen and oxygen atoms in total. The highest BCUT2D eigenvalue weighted by molar-refractivity contribution is 6.12. The number of aliphatic hydroxyl groups is 1. The number of carbonyl (C=O) groups excluding carboxylic acids is 2. The van der Waals surface area contributed by atoms with E-state index in [1.54, 1.807) is 13.0 Å². The van der Waals surface area contributed by atoms with Gasteiger partial charge in [-0.1, -0.05) is 36.4 Å². The van der Waals surface area contributed by atoms with Crippen LogP contribution < -0.4 is 16.8 Å². The maximum atomic E-state index is 11.7. The molecule has 136 valence electrons. The molecule has 2 aromatic carbocycles. The number of nitrogens with two attached hydrogens (primary N) is 2. The van der Waals surface area contributed by atoms with Crippen LogP contribution in [0.3, 0.4) is 0 Å². The Kier molecular flexibility index (Phi) is 6.11. The van der Waals surface area contributed by atoms with Gasteiger partial charge < -0.3 is 26.9 Å². The summed E-state index contributed by atoms with van der Waals surface area (Å²) in [5.41, 5.74) is 13.6. The molecule has 0 fully saturated rings. The van der Waals surface area contributed by atoms with E-state index in [1.165, 1.54) is 7.05 Å².